The highest BCUT2D eigenvalue weighted by Crippen LogP contribution is 2.37. The third-order valence-corrected chi connectivity index (χ3v) is 8.21. The van der Waals surface area contributed by atoms with Crippen LogP contribution in [0.2, 0.25) is 5.02 Å². The van der Waals surface area contributed by atoms with E-state index in [9.17, 15) is 13.2 Å². The Morgan fingerprint density at radius 3 is 2.73 bits per heavy atom. The van der Waals surface area contributed by atoms with Gasteiger partial charge < -0.3 is 0 Å². The van der Waals surface area contributed by atoms with Crippen LogP contribution in [0.5, 0.6) is 0 Å². The third-order valence-electron chi connectivity index (χ3n) is 4.70. The van der Waals surface area contributed by atoms with Gasteiger partial charge in [0.1, 0.15) is 4.21 Å². The van der Waals surface area contributed by atoms with Crippen LogP contribution in [-0.4, -0.2) is 14.2 Å². The van der Waals surface area contributed by atoms with Crippen molar-refractivity contribution < 1.29 is 13.2 Å². The number of hydrogen-bond donors (Lipinski definition) is 1. The van der Waals surface area contributed by atoms with Gasteiger partial charge in [-0.25, -0.2) is 8.42 Å². The highest BCUT2D eigenvalue weighted by molar-refractivity contribution is 7.94. The molecule has 1 aliphatic carbocycles. The summed E-state index contributed by atoms with van der Waals surface area (Å²) in [5.41, 5.74) is 2.66. The average molecular weight is 406 g/mol. The quantitative estimate of drug-likeness (QED) is 0.664. The number of aryl methyl sites for hydroxylation is 1. The lowest BCUT2D eigenvalue weighted by Crippen LogP contribution is -2.13. The van der Waals surface area contributed by atoms with Gasteiger partial charge >= 0.3 is 0 Å². The molecule has 134 valence electrons. The Bertz CT molecular complexity index is 1160. The van der Waals surface area contributed by atoms with Crippen molar-refractivity contribution in [3.63, 3.8) is 0 Å². The smallest absolute Gasteiger partial charge is 0.271 e. The molecule has 0 spiro atoms. The highest BCUT2D eigenvalue weighted by atomic mass is 35.5. The number of anilines is 1. The minimum Gasteiger partial charge on any atom is -0.294 e. The van der Waals surface area contributed by atoms with Gasteiger partial charge in [-0.1, -0.05) is 24.6 Å². The Kier molecular flexibility index (Phi) is 4.10. The van der Waals surface area contributed by atoms with E-state index in [0.29, 0.717) is 28.3 Å². The molecular formula is C19H16ClNO3S2. The van der Waals surface area contributed by atoms with Gasteiger partial charge in [0.2, 0.25) is 0 Å². The first-order chi connectivity index (χ1) is 12.3. The summed E-state index contributed by atoms with van der Waals surface area (Å²) in [6.07, 6.45) is 0.706. The summed E-state index contributed by atoms with van der Waals surface area (Å²) >= 11 is 7.24. The monoisotopic (exact) mass is 405 g/mol. The second-order valence-electron chi connectivity index (χ2n) is 6.60. The molecule has 0 saturated heterocycles. The van der Waals surface area contributed by atoms with Gasteiger partial charge in [-0.2, -0.15) is 0 Å². The van der Waals surface area contributed by atoms with Gasteiger partial charge in [0.25, 0.3) is 10.0 Å². The van der Waals surface area contributed by atoms with Crippen molar-refractivity contribution in [2.75, 3.05) is 4.72 Å². The SMILES string of the molecule is Cc1c(S(=O)(=O)Nc2ccc3c(c2)C(=O)C(C)C3)sc2ccc(Cl)cc12. The van der Waals surface area contributed by atoms with Gasteiger partial charge in [-0.05, 0) is 60.2 Å². The van der Waals surface area contributed by atoms with E-state index < -0.39 is 10.0 Å². The molecule has 1 N–H and O–H groups in total. The molecule has 1 heterocycles. The fraction of sp³-hybridized carbons (Fsp3) is 0.211. The molecule has 0 aliphatic heterocycles. The fourth-order valence-corrected chi connectivity index (χ4v) is 6.33. The number of rotatable bonds is 3. The van der Waals surface area contributed by atoms with E-state index in [2.05, 4.69) is 4.72 Å². The second-order valence-corrected chi connectivity index (χ2v) is 9.97. The lowest BCUT2D eigenvalue weighted by Gasteiger charge is -2.09. The lowest BCUT2D eigenvalue weighted by molar-refractivity contribution is 0.0946. The van der Waals surface area contributed by atoms with E-state index in [-0.39, 0.29) is 15.9 Å². The number of benzene rings is 2. The summed E-state index contributed by atoms with van der Waals surface area (Å²) in [5.74, 6) is 0.0141. The zero-order chi connectivity index (χ0) is 18.6. The van der Waals surface area contributed by atoms with Gasteiger partial charge in [0, 0.05) is 26.9 Å². The van der Waals surface area contributed by atoms with Crippen molar-refractivity contribution in [2.24, 2.45) is 5.92 Å². The van der Waals surface area contributed by atoms with Crippen LogP contribution in [0.4, 0.5) is 5.69 Å². The van der Waals surface area contributed by atoms with Crippen molar-refractivity contribution in [3.8, 4) is 0 Å². The van der Waals surface area contributed by atoms with Gasteiger partial charge in [-0.3, -0.25) is 9.52 Å². The predicted molar refractivity (Wildman–Crippen MR) is 106 cm³/mol. The summed E-state index contributed by atoms with van der Waals surface area (Å²) in [7, 11) is -3.75. The van der Waals surface area contributed by atoms with Gasteiger partial charge in [-0.15, -0.1) is 11.3 Å². The minimum absolute atomic E-state index is 0.0496. The number of carbonyl (C=O) groups excluding carboxylic acids is 1. The molecule has 0 amide bonds. The van der Waals surface area contributed by atoms with Crippen LogP contribution in [-0.2, 0) is 16.4 Å². The van der Waals surface area contributed by atoms with Crippen LogP contribution in [0.1, 0.15) is 28.4 Å². The number of thiophene rings is 1. The molecule has 0 bridgehead atoms. The number of sulfonamides is 1. The Balaban J connectivity index is 1.73. The fourth-order valence-electron chi connectivity index (χ4n) is 3.36. The number of hydrogen-bond acceptors (Lipinski definition) is 4. The van der Waals surface area contributed by atoms with Gasteiger partial charge in [0.05, 0.1) is 0 Å². The van der Waals surface area contributed by atoms with E-state index in [4.69, 9.17) is 11.6 Å². The van der Waals surface area contributed by atoms with Crippen LogP contribution in [0.3, 0.4) is 0 Å². The molecule has 1 aromatic heterocycles. The molecule has 0 fully saturated rings. The van der Waals surface area contributed by atoms with Crippen LogP contribution < -0.4 is 4.72 Å². The largest absolute Gasteiger partial charge is 0.294 e. The zero-order valence-corrected chi connectivity index (χ0v) is 16.6. The lowest BCUT2D eigenvalue weighted by atomic mass is 10.1. The third kappa shape index (κ3) is 2.82. The number of Topliss-reactive ketones (excluding diaryl/α,β-unsaturated/α-hetero) is 1. The van der Waals surface area contributed by atoms with Crippen LogP contribution >= 0.6 is 22.9 Å². The van der Waals surface area contributed by atoms with E-state index in [1.807, 2.05) is 19.1 Å². The van der Waals surface area contributed by atoms with Crippen molar-refractivity contribution >= 4 is 54.5 Å². The summed E-state index contributed by atoms with van der Waals surface area (Å²) in [6, 6.07) is 10.5. The van der Waals surface area contributed by atoms with E-state index in [1.165, 1.54) is 11.3 Å². The maximum atomic E-state index is 12.9. The average Bonchev–Trinajstić information content (AvgIpc) is 3.06. The first-order valence-corrected chi connectivity index (χ1v) is 10.8. The predicted octanol–water partition coefficient (Wildman–Crippen LogP) is 5.04. The van der Waals surface area contributed by atoms with E-state index in [0.717, 1.165) is 15.6 Å². The number of fused-ring (bicyclic) bond motifs is 2. The van der Waals surface area contributed by atoms with E-state index >= 15 is 0 Å². The number of nitrogens with one attached hydrogen (secondary N) is 1. The second kappa shape index (κ2) is 6.08. The van der Waals surface area contributed by atoms with E-state index in [1.54, 1.807) is 31.2 Å². The molecule has 0 radical (unpaired) electrons. The highest BCUT2D eigenvalue weighted by Gasteiger charge is 2.28. The summed E-state index contributed by atoms with van der Waals surface area (Å²) in [6.45, 7) is 3.66. The standard InChI is InChI=1S/C19H16ClNO3S2/c1-10-7-12-3-5-14(9-16(12)18(10)22)21-26(23,24)19-11(2)15-8-13(20)4-6-17(15)25-19/h3-6,8-10,21H,7H2,1-2H3. The first-order valence-electron chi connectivity index (χ1n) is 8.15. The Morgan fingerprint density at radius 1 is 1.19 bits per heavy atom. The topological polar surface area (TPSA) is 63.2 Å². The zero-order valence-electron chi connectivity index (χ0n) is 14.2. The number of carbonyl (C=O) groups is 1. The molecule has 7 heteroatoms. The summed E-state index contributed by atoms with van der Waals surface area (Å²) in [5, 5.41) is 1.40. The maximum absolute atomic E-state index is 12.9. The molecule has 1 unspecified atom stereocenters. The number of halogens is 1. The minimum atomic E-state index is -3.75. The maximum Gasteiger partial charge on any atom is 0.271 e. The first kappa shape index (κ1) is 17.5. The summed E-state index contributed by atoms with van der Waals surface area (Å²) in [4.78, 5) is 12.2. The molecule has 4 rings (SSSR count). The van der Waals surface area contributed by atoms with Crippen LogP contribution in [0.15, 0.2) is 40.6 Å². The normalized spacial score (nSPS) is 16.9. The van der Waals surface area contributed by atoms with Gasteiger partial charge in [0.15, 0.2) is 5.78 Å². The molecule has 0 saturated carbocycles. The van der Waals surface area contributed by atoms with Crippen LogP contribution in [0.25, 0.3) is 10.1 Å². The molecular weight excluding hydrogens is 390 g/mol. The van der Waals surface area contributed by atoms with Crippen molar-refractivity contribution in [2.45, 2.75) is 24.5 Å². The Hall–Kier alpha value is -1.89. The molecule has 4 nitrogen and oxygen atoms in total. The van der Waals surface area contributed by atoms with Crippen molar-refractivity contribution in [1.29, 1.82) is 0 Å². The van der Waals surface area contributed by atoms with Crippen molar-refractivity contribution in [1.82, 2.24) is 0 Å². The Morgan fingerprint density at radius 2 is 1.96 bits per heavy atom. The molecule has 1 aliphatic rings. The molecule has 2 aromatic carbocycles. The van der Waals surface area contributed by atoms with Crippen molar-refractivity contribution in [3.05, 3.63) is 58.1 Å². The summed E-state index contributed by atoms with van der Waals surface area (Å²) < 4.78 is 29.5. The Labute approximate surface area is 160 Å². The van der Waals surface area contributed by atoms with Crippen LogP contribution in [0, 0.1) is 12.8 Å². The molecule has 26 heavy (non-hydrogen) atoms. The molecule has 3 aromatic rings. The number of ketones is 1. The molecule has 1 atom stereocenters.